The zero-order valence-corrected chi connectivity index (χ0v) is 35.6. The number of carbonyl (C=O) groups is 4. The van der Waals surface area contributed by atoms with Gasteiger partial charge in [-0.3, -0.25) is 0 Å². The van der Waals surface area contributed by atoms with Crippen LogP contribution < -0.4 is 43.4 Å². The van der Waals surface area contributed by atoms with Gasteiger partial charge in [0.2, 0.25) is 8.32 Å². The highest BCUT2D eigenvalue weighted by atomic mass is 28.4. The topological polar surface area (TPSA) is 220 Å². The highest BCUT2D eigenvalue weighted by molar-refractivity contribution is 6.84. The van der Waals surface area contributed by atoms with Crippen LogP contribution in [0.4, 0.5) is 19.2 Å². The molecule has 51 heavy (non-hydrogen) atoms. The number of carbonyl (C=O) groups excluding carboxylic acids is 4. The summed E-state index contributed by atoms with van der Waals surface area (Å²) in [5.74, 6) is 0. The van der Waals surface area contributed by atoms with E-state index in [2.05, 4.69) is 64.6 Å². The molecule has 0 bridgehead atoms. The highest BCUT2D eigenvalue weighted by Crippen LogP contribution is 2.14. The molecule has 6 amide bonds. The molecule has 15 nitrogen and oxygen atoms in total. The predicted octanol–water partition coefficient (Wildman–Crippen LogP) is 5.01. The van der Waals surface area contributed by atoms with E-state index in [4.69, 9.17) is 25.1 Å². The van der Waals surface area contributed by atoms with Gasteiger partial charge in [-0.25, -0.2) is 19.2 Å². The van der Waals surface area contributed by atoms with E-state index in [1.165, 1.54) is 0 Å². The van der Waals surface area contributed by atoms with E-state index in [0.717, 1.165) is 64.2 Å². The van der Waals surface area contributed by atoms with E-state index in [1.54, 1.807) is 6.92 Å². The summed E-state index contributed by atoms with van der Waals surface area (Å²) in [6, 6.07) is -0.130. The molecule has 17 heteroatoms. The Hall–Kier alpha value is -2.61. The molecule has 0 aliphatic carbocycles. The maximum atomic E-state index is 11.8. The van der Waals surface area contributed by atoms with Crippen LogP contribution in [0, 0.1) is 0 Å². The molecule has 0 aromatic carbocycles. The Morgan fingerprint density at radius 3 is 1.45 bits per heavy atom. The minimum atomic E-state index is -1.97. The number of nitrogens with one attached hydrogen (secondary N) is 6. The van der Waals surface area contributed by atoms with E-state index in [1.807, 2.05) is 27.7 Å². The first kappa shape index (κ1) is 50.5. The molecule has 0 spiro atoms. The van der Waals surface area contributed by atoms with Crippen molar-refractivity contribution in [3.63, 3.8) is 0 Å². The zero-order chi connectivity index (χ0) is 39.3. The van der Waals surface area contributed by atoms with Crippen molar-refractivity contribution in [1.82, 2.24) is 31.9 Å². The fourth-order valence-corrected chi connectivity index (χ4v) is 11.9. The fourth-order valence-electron chi connectivity index (χ4n) is 4.57. The number of ether oxygens (including phenoxy) is 2. The molecule has 10 N–H and O–H groups in total. The van der Waals surface area contributed by atoms with E-state index >= 15 is 0 Å². The van der Waals surface area contributed by atoms with Gasteiger partial charge in [-0.05, 0) is 106 Å². The molecule has 0 aromatic rings. The van der Waals surface area contributed by atoms with Gasteiger partial charge >= 0.3 is 24.2 Å². The first-order valence-corrected chi connectivity index (χ1v) is 25.4. The fraction of sp³-hybridized carbons (Fsp3) is 0.882. The van der Waals surface area contributed by atoms with Crippen molar-refractivity contribution in [3.05, 3.63) is 0 Å². The Morgan fingerprint density at radius 2 is 1.04 bits per heavy atom. The van der Waals surface area contributed by atoms with E-state index in [-0.39, 0.29) is 48.4 Å². The molecule has 0 aliphatic heterocycles. The minimum Gasteiger partial charge on any atom is -0.454 e. The molecule has 0 aromatic heterocycles. The molecule has 302 valence electrons. The van der Waals surface area contributed by atoms with Gasteiger partial charge in [0.25, 0.3) is 0 Å². The number of urea groups is 2. The average Bonchev–Trinajstić information content (AvgIpc) is 3.00. The molecule has 0 aliphatic rings. The van der Waals surface area contributed by atoms with Gasteiger partial charge in [-0.2, -0.15) is 0 Å². The normalized spacial score (nSPS) is 13.6. The molecule has 0 saturated heterocycles. The Labute approximate surface area is 311 Å². The minimum absolute atomic E-state index is 0.0426. The van der Waals surface area contributed by atoms with Crippen LogP contribution in [0.15, 0.2) is 0 Å². The van der Waals surface area contributed by atoms with Crippen molar-refractivity contribution < 1.29 is 32.8 Å². The average molecular weight is 765 g/mol. The summed E-state index contributed by atoms with van der Waals surface area (Å²) >= 11 is 0. The first-order chi connectivity index (χ1) is 23.8. The maximum absolute atomic E-state index is 11.8. The molecule has 0 fully saturated rings. The van der Waals surface area contributed by atoms with E-state index in [0.29, 0.717) is 39.0 Å². The number of unbranched alkanes of at least 4 members (excludes halogenated alkanes) is 6. The van der Waals surface area contributed by atoms with Crippen LogP contribution >= 0.6 is 0 Å². The molecule has 4 atom stereocenters. The lowest BCUT2D eigenvalue weighted by Gasteiger charge is -2.30. The van der Waals surface area contributed by atoms with Crippen LogP contribution in [0.5, 0.6) is 0 Å². The number of rotatable bonds is 25. The van der Waals surface area contributed by atoms with Gasteiger partial charge in [0.05, 0.1) is 6.61 Å². The number of nitrogens with two attached hydrogens (primary N) is 2. The lowest BCUT2D eigenvalue weighted by atomic mass is 10.1. The van der Waals surface area contributed by atoms with Gasteiger partial charge in [0, 0.05) is 50.3 Å². The molecular formula is C34H76N8O7Si2. The highest BCUT2D eigenvalue weighted by Gasteiger charge is 2.31. The second-order valence-corrected chi connectivity index (χ2v) is 23.7. The first-order valence-electron chi connectivity index (χ1n) is 18.9. The van der Waals surface area contributed by atoms with Crippen molar-refractivity contribution in [2.24, 2.45) is 11.5 Å². The predicted molar refractivity (Wildman–Crippen MR) is 212 cm³/mol. The Morgan fingerprint density at radius 1 is 0.608 bits per heavy atom. The van der Waals surface area contributed by atoms with Gasteiger partial charge in [-0.15, -0.1) is 0 Å². The van der Waals surface area contributed by atoms with Crippen LogP contribution in [0.2, 0.25) is 32.7 Å². The SMILES string of the molecule is CC(N)CCC(C)NC(=O)NCCCCCCNC(=O)OC[Si](C)(C)O[Si](C)(C)C.CCOC(=O)NCCCCCCNC(=O)NC(C)C(C)N. The Kier molecular flexibility index (Phi) is 29.6. The van der Waals surface area contributed by atoms with Gasteiger partial charge in [0.15, 0.2) is 8.32 Å². The van der Waals surface area contributed by atoms with Crippen molar-refractivity contribution in [2.75, 3.05) is 39.0 Å². The summed E-state index contributed by atoms with van der Waals surface area (Å²) in [5, 5.41) is 16.9. The summed E-state index contributed by atoms with van der Waals surface area (Å²) in [7, 11) is -3.59. The zero-order valence-electron chi connectivity index (χ0n) is 33.6. The molecule has 0 rings (SSSR count). The maximum Gasteiger partial charge on any atom is 0.407 e. The number of hydrogen-bond donors (Lipinski definition) is 8. The lowest BCUT2D eigenvalue weighted by Crippen LogP contribution is -2.48. The van der Waals surface area contributed by atoms with Gasteiger partial charge < -0.3 is 57.0 Å². The third-order valence-electron chi connectivity index (χ3n) is 7.31. The van der Waals surface area contributed by atoms with Crippen molar-refractivity contribution >= 4 is 40.9 Å². The van der Waals surface area contributed by atoms with Crippen LogP contribution in [0.1, 0.15) is 98.8 Å². The summed E-state index contributed by atoms with van der Waals surface area (Å²) in [4.78, 5) is 46.1. The molecule has 0 heterocycles. The lowest BCUT2D eigenvalue weighted by molar-refractivity contribution is 0.152. The molecule has 4 unspecified atom stereocenters. The molecule has 0 radical (unpaired) electrons. The third-order valence-corrected chi connectivity index (χ3v) is 12.8. The summed E-state index contributed by atoms with van der Waals surface area (Å²) in [6.07, 6.45) is 9.06. The second-order valence-electron chi connectivity index (χ2n) is 14.9. The van der Waals surface area contributed by atoms with Gasteiger partial charge in [0.1, 0.15) is 6.23 Å². The van der Waals surface area contributed by atoms with E-state index in [9.17, 15) is 19.2 Å². The number of alkyl carbamates (subject to hydrolysis) is 2. The Balaban J connectivity index is 0. The van der Waals surface area contributed by atoms with Crippen LogP contribution in [-0.4, -0.2) is 104 Å². The monoisotopic (exact) mass is 765 g/mol. The molecule has 0 saturated carbocycles. The van der Waals surface area contributed by atoms with Crippen molar-refractivity contribution in [2.45, 2.75) is 156 Å². The number of amides is 6. The third kappa shape index (κ3) is 37.0. The molecular weight excluding hydrogens is 689 g/mol. The van der Waals surface area contributed by atoms with Gasteiger partial charge in [-0.1, -0.05) is 25.7 Å². The van der Waals surface area contributed by atoms with E-state index < -0.39 is 16.6 Å². The smallest absolute Gasteiger partial charge is 0.407 e. The largest absolute Gasteiger partial charge is 0.454 e. The van der Waals surface area contributed by atoms with Crippen LogP contribution in [-0.2, 0) is 13.6 Å². The standard InChI is InChI=1S/C20H46N4O4Si2.C14H30N4O3/c1-17(21)12-13-18(2)24-19(25)22-14-10-8-9-11-15-23-20(26)27-16-30(6,7)28-29(3,4)5;1-4-21-14(20)17-10-8-6-5-7-9-16-13(19)18-12(3)11(2)15/h17-18H,8-16,21H2,1-7H3,(H,23,26)(H2,22,24,25);11-12H,4-10,15H2,1-3H3,(H,17,20)(H2,16,18,19). The van der Waals surface area contributed by atoms with Crippen molar-refractivity contribution in [1.29, 1.82) is 0 Å². The van der Waals surface area contributed by atoms with Crippen LogP contribution in [0.3, 0.4) is 0 Å². The quantitative estimate of drug-likeness (QED) is 0.0462. The second kappa shape index (κ2) is 29.9. The van der Waals surface area contributed by atoms with Crippen LogP contribution in [0.25, 0.3) is 0 Å². The summed E-state index contributed by atoms with van der Waals surface area (Å²) in [5.41, 5.74) is 11.4. The summed E-state index contributed by atoms with van der Waals surface area (Å²) in [6.45, 7) is 23.0. The summed E-state index contributed by atoms with van der Waals surface area (Å²) < 4.78 is 16.2. The number of hydrogen-bond acceptors (Lipinski definition) is 9. The van der Waals surface area contributed by atoms with Crippen molar-refractivity contribution in [3.8, 4) is 0 Å². The Bertz CT molecular complexity index is 941.